The molecule has 0 spiro atoms. The highest BCUT2D eigenvalue weighted by Crippen LogP contribution is 2.27. The van der Waals surface area contributed by atoms with Crippen molar-refractivity contribution in [1.29, 1.82) is 0 Å². The first-order valence-electron chi connectivity index (χ1n) is 7.57. The maximum Gasteiger partial charge on any atom is 0.149 e. The quantitative estimate of drug-likeness (QED) is 0.627. The summed E-state index contributed by atoms with van der Waals surface area (Å²) in [6.45, 7) is 0.0000846. The third-order valence-electron chi connectivity index (χ3n) is 3.65. The number of aromatic carboxylic acids is 1. The maximum absolute atomic E-state index is 13.9. The monoisotopic (exact) mass is 393 g/mol. The Labute approximate surface area is 158 Å². The maximum atomic E-state index is 13.9. The van der Waals surface area contributed by atoms with Gasteiger partial charge in [0, 0.05) is 27.6 Å². The smallest absolute Gasteiger partial charge is 0.149 e. The van der Waals surface area contributed by atoms with Gasteiger partial charge in [-0.15, -0.1) is 0 Å². The van der Waals surface area contributed by atoms with E-state index in [0.717, 1.165) is 0 Å². The molecule has 2 aromatic carbocycles. The molecule has 1 heterocycles. The summed E-state index contributed by atoms with van der Waals surface area (Å²) in [6, 6.07) is 12.2. The Bertz CT molecular complexity index is 952. The Balaban J connectivity index is 1.79. The molecule has 0 bridgehead atoms. The average Bonchev–Trinajstić information content (AvgIpc) is 3.04. The fraction of sp³-hybridized carbons (Fsp3) is 0.105. The molecule has 1 aromatic heterocycles. The number of hydrogen-bond acceptors (Lipinski definition) is 4. The molecule has 134 valence electrons. The number of ether oxygens (including phenoxy) is 1. The van der Waals surface area contributed by atoms with Crippen LogP contribution in [0.25, 0.3) is 0 Å². The van der Waals surface area contributed by atoms with Crippen LogP contribution in [0, 0.1) is 5.82 Å². The first-order chi connectivity index (χ1) is 12.4. The molecule has 0 saturated carbocycles. The number of carbonyl (C=O) groups excluding carboxylic acids is 1. The molecule has 4 nitrogen and oxygen atoms in total. The molecule has 0 aliphatic rings. The van der Waals surface area contributed by atoms with E-state index in [0.29, 0.717) is 32.7 Å². The number of halogens is 3. The summed E-state index contributed by atoms with van der Waals surface area (Å²) in [5, 5.41) is 11.6. The lowest BCUT2D eigenvalue weighted by Gasteiger charge is -2.12. The Morgan fingerprint density at radius 1 is 1.04 bits per heavy atom. The van der Waals surface area contributed by atoms with Crippen LogP contribution in [-0.2, 0) is 13.0 Å². The molecular weight excluding hydrogens is 382 g/mol. The fourth-order valence-electron chi connectivity index (χ4n) is 2.39. The van der Waals surface area contributed by atoms with Gasteiger partial charge in [0.05, 0.1) is 0 Å². The molecule has 0 atom stereocenters. The van der Waals surface area contributed by atoms with E-state index in [-0.39, 0.29) is 18.8 Å². The molecule has 3 rings (SSSR count). The van der Waals surface area contributed by atoms with Crippen molar-refractivity contribution in [2.45, 2.75) is 13.0 Å². The second-order valence-electron chi connectivity index (χ2n) is 5.51. The summed E-state index contributed by atoms with van der Waals surface area (Å²) in [6.07, 6.45) is 0.256. The van der Waals surface area contributed by atoms with Crippen molar-refractivity contribution in [2.75, 3.05) is 0 Å². The van der Waals surface area contributed by atoms with Crippen LogP contribution >= 0.6 is 23.2 Å². The summed E-state index contributed by atoms with van der Waals surface area (Å²) >= 11 is 11.8. The van der Waals surface area contributed by atoms with E-state index in [2.05, 4.69) is 0 Å². The summed E-state index contributed by atoms with van der Waals surface area (Å²) in [7, 11) is 0. The molecule has 0 saturated heterocycles. The van der Waals surface area contributed by atoms with Crippen molar-refractivity contribution in [2.24, 2.45) is 0 Å². The van der Waals surface area contributed by atoms with Crippen LogP contribution in [0.15, 0.2) is 52.9 Å². The Morgan fingerprint density at radius 3 is 2.46 bits per heavy atom. The zero-order valence-electron chi connectivity index (χ0n) is 13.3. The van der Waals surface area contributed by atoms with E-state index in [4.69, 9.17) is 32.4 Å². The molecule has 0 amide bonds. The Hall–Kier alpha value is -2.50. The first kappa shape index (κ1) is 18.3. The largest absolute Gasteiger partial charge is 0.542 e. The molecule has 0 N–H and O–H groups in total. The third kappa shape index (κ3) is 4.36. The predicted octanol–water partition coefficient (Wildman–Crippen LogP) is 4.26. The summed E-state index contributed by atoms with van der Waals surface area (Å²) in [5.41, 5.74) is 1.03. The molecule has 0 fully saturated rings. The minimum Gasteiger partial charge on any atom is -0.542 e. The van der Waals surface area contributed by atoms with Gasteiger partial charge in [0.2, 0.25) is 0 Å². The number of carbonyl (C=O) groups is 1. The van der Waals surface area contributed by atoms with E-state index in [1.165, 1.54) is 18.2 Å². The lowest BCUT2D eigenvalue weighted by atomic mass is 10.1. The minimum atomic E-state index is -1.39. The normalized spacial score (nSPS) is 10.7. The second kappa shape index (κ2) is 7.81. The minimum absolute atomic E-state index is 0.0000846. The highest BCUT2D eigenvalue weighted by atomic mass is 35.5. The van der Waals surface area contributed by atoms with Gasteiger partial charge in [-0.1, -0.05) is 29.3 Å². The van der Waals surface area contributed by atoms with Crippen LogP contribution in [0.1, 0.15) is 27.4 Å². The topological polar surface area (TPSA) is 62.5 Å². The SMILES string of the molecule is O=C([O-])c1ccc(Cc2cc(Cl)ccc2OCc2ccc(Cl)cc2F)o1. The summed E-state index contributed by atoms with van der Waals surface area (Å²) in [5.74, 6) is -1.22. The zero-order chi connectivity index (χ0) is 18.7. The Morgan fingerprint density at radius 2 is 1.77 bits per heavy atom. The number of benzene rings is 2. The molecule has 0 aliphatic carbocycles. The van der Waals surface area contributed by atoms with Crippen molar-refractivity contribution in [3.63, 3.8) is 0 Å². The standard InChI is InChI=1S/C19H13Cl2FO4/c20-13-3-5-17(25-10-11-1-2-14(21)9-16(11)22)12(7-13)8-15-4-6-18(26-15)19(23)24/h1-7,9H,8,10H2,(H,23,24)/p-1. The van der Waals surface area contributed by atoms with Crippen molar-refractivity contribution >= 4 is 29.2 Å². The number of rotatable bonds is 6. The van der Waals surface area contributed by atoms with E-state index in [1.807, 2.05) is 0 Å². The van der Waals surface area contributed by atoms with E-state index >= 15 is 0 Å². The Kier molecular flexibility index (Phi) is 5.49. The highest BCUT2D eigenvalue weighted by molar-refractivity contribution is 6.30. The van der Waals surface area contributed by atoms with Crippen molar-refractivity contribution < 1.29 is 23.4 Å². The van der Waals surface area contributed by atoms with Crippen LogP contribution in [0.3, 0.4) is 0 Å². The predicted molar refractivity (Wildman–Crippen MR) is 93.0 cm³/mol. The van der Waals surface area contributed by atoms with Crippen molar-refractivity contribution in [3.05, 3.63) is 87.0 Å². The molecule has 26 heavy (non-hydrogen) atoms. The van der Waals surface area contributed by atoms with E-state index in [9.17, 15) is 14.3 Å². The van der Waals surface area contributed by atoms with Gasteiger partial charge in [-0.05, 0) is 42.5 Å². The van der Waals surface area contributed by atoms with Crippen LogP contribution in [-0.4, -0.2) is 5.97 Å². The van der Waals surface area contributed by atoms with Gasteiger partial charge in [0.1, 0.15) is 35.7 Å². The lowest BCUT2D eigenvalue weighted by molar-refractivity contribution is -0.257. The molecule has 3 aromatic rings. The average molecular weight is 394 g/mol. The number of carboxylic acid groups (broad SMARTS) is 1. The van der Waals surface area contributed by atoms with E-state index < -0.39 is 11.8 Å². The highest BCUT2D eigenvalue weighted by Gasteiger charge is 2.11. The van der Waals surface area contributed by atoms with Crippen molar-refractivity contribution in [1.82, 2.24) is 0 Å². The van der Waals surface area contributed by atoms with Crippen LogP contribution in [0.2, 0.25) is 10.0 Å². The van der Waals surface area contributed by atoms with Gasteiger partial charge >= 0.3 is 0 Å². The van der Waals surface area contributed by atoms with Crippen LogP contribution in [0.4, 0.5) is 4.39 Å². The number of hydrogen-bond donors (Lipinski definition) is 0. The number of furan rings is 1. The zero-order valence-corrected chi connectivity index (χ0v) is 14.8. The van der Waals surface area contributed by atoms with Gasteiger partial charge in [-0.2, -0.15) is 0 Å². The van der Waals surface area contributed by atoms with Gasteiger partial charge in [0.15, 0.2) is 0 Å². The molecule has 0 aliphatic heterocycles. The first-order valence-corrected chi connectivity index (χ1v) is 8.33. The van der Waals surface area contributed by atoms with Gasteiger partial charge in [-0.3, -0.25) is 0 Å². The van der Waals surface area contributed by atoms with Gasteiger partial charge in [0.25, 0.3) is 0 Å². The van der Waals surface area contributed by atoms with Crippen LogP contribution < -0.4 is 9.84 Å². The fourth-order valence-corrected chi connectivity index (χ4v) is 2.75. The summed E-state index contributed by atoms with van der Waals surface area (Å²) in [4.78, 5) is 10.8. The lowest BCUT2D eigenvalue weighted by Crippen LogP contribution is -2.21. The third-order valence-corrected chi connectivity index (χ3v) is 4.12. The molecular formula is C19H12Cl2FO4-. The van der Waals surface area contributed by atoms with Crippen LogP contribution in [0.5, 0.6) is 5.75 Å². The molecule has 0 unspecified atom stereocenters. The molecule has 7 heteroatoms. The second-order valence-corrected chi connectivity index (χ2v) is 6.38. The van der Waals surface area contributed by atoms with Gasteiger partial charge < -0.3 is 19.1 Å². The van der Waals surface area contributed by atoms with Crippen molar-refractivity contribution in [3.8, 4) is 5.75 Å². The van der Waals surface area contributed by atoms with Gasteiger partial charge in [-0.25, -0.2) is 4.39 Å². The van der Waals surface area contributed by atoms with E-state index in [1.54, 1.807) is 30.3 Å². The summed E-state index contributed by atoms with van der Waals surface area (Å²) < 4.78 is 24.8. The number of carboxylic acids is 1. The molecule has 0 radical (unpaired) electrons.